The van der Waals surface area contributed by atoms with E-state index in [4.69, 9.17) is 10.5 Å². The lowest BCUT2D eigenvalue weighted by molar-refractivity contribution is -0.118. The van der Waals surface area contributed by atoms with Crippen molar-refractivity contribution in [2.45, 2.75) is 19.1 Å². The lowest BCUT2D eigenvalue weighted by Crippen LogP contribution is -2.28. The van der Waals surface area contributed by atoms with E-state index in [0.717, 1.165) is 17.8 Å². The second kappa shape index (κ2) is 7.89. The molecule has 1 aromatic carbocycles. The fourth-order valence-corrected chi connectivity index (χ4v) is 1.79. The van der Waals surface area contributed by atoms with Gasteiger partial charge in [0.1, 0.15) is 0 Å². The van der Waals surface area contributed by atoms with Gasteiger partial charge in [-0.3, -0.25) is 4.79 Å². The first-order chi connectivity index (χ1) is 9.06. The average molecular weight is 265 g/mol. The molecular weight excluding hydrogens is 242 g/mol. The molecule has 0 saturated carbocycles. The van der Waals surface area contributed by atoms with E-state index < -0.39 is 0 Å². The Morgan fingerprint density at radius 3 is 2.68 bits per heavy atom. The van der Waals surface area contributed by atoms with Crippen molar-refractivity contribution in [3.63, 3.8) is 0 Å². The Balaban J connectivity index is 2.68. The summed E-state index contributed by atoms with van der Waals surface area (Å²) in [4.78, 5) is 14.0. The van der Waals surface area contributed by atoms with Crippen molar-refractivity contribution in [2.75, 3.05) is 33.1 Å². The second-order valence-electron chi connectivity index (χ2n) is 4.74. The molecule has 19 heavy (non-hydrogen) atoms. The molecule has 0 aromatic heterocycles. The van der Waals surface area contributed by atoms with Crippen LogP contribution in [0.3, 0.4) is 0 Å². The molecule has 3 N–H and O–H groups in total. The zero-order valence-electron chi connectivity index (χ0n) is 11.8. The van der Waals surface area contributed by atoms with Gasteiger partial charge in [0.15, 0.2) is 0 Å². The van der Waals surface area contributed by atoms with Gasteiger partial charge in [0.25, 0.3) is 0 Å². The smallest absolute Gasteiger partial charge is 0.227 e. The molecule has 0 bridgehead atoms. The summed E-state index contributed by atoms with van der Waals surface area (Å²) in [5.41, 5.74) is 7.44. The van der Waals surface area contributed by atoms with Crippen molar-refractivity contribution in [1.29, 1.82) is 0 Å². The van der Waals surface area contributed by atoms with E-state index in [0.29, 0.717) is 6.54 Å². The molecule has 0 heterocycles. The molecular formula is C14H23N3O2. The van der Waals surface area contributed by atoms with Crippen LogP contribution >= 0.6 is 0 Å². The largest absolute Gasteiger partial charge is 0.380 e. The van der Waals surface area contributed by atoms with Crippen molar-refractivity contribution in [3.05, 3.63) is 29.8 Å². The molecule has 0 aliphatic heterocycles. The standard InChI is InChI=1S/C14H23N3O2/c1-17(2)10-11-6-4-5-7-13(11)16-14(18)8-12(9-15)19-3/h4-7,12H,8-10,15H2,1-3H3,(H,16,18). The number of ether oxygens (including phenoxy) is 1. The van der Waals surface area contributed by atoms with Gasteiger partial charge >= 0.3 is 0 Å². The molecule has 0 saturated heterocycles. The van der Waals surface area contributed by atoms with Gasteiger partial charge < -0.3 is 20.7 Å². The number of hydrogen-bond acceptors (Lipinski definition) is 4. The van der Waals surface area contributed by atoms with Crippen LogP contribution < -0.4 is 11.1 Å². The molecule has 1 amide bonds. The first-order valence-corrected chi connectivity index (χ1v) is 6.32. The zero-order valence-corrected chi connectivity index (χ0v) is 11.8. The number of nitrogens with zero attached hydrogens (tertiary/aromatic N) is 1. The molecule has 106 valence electrons. The molecule has 5 nitrogen and oxygen atoms in total. The number of para-hydroxylation sites is 1. The predicted octanol–water partition coefficient (Wildman–Crippen LogP) is 1.05. The van der Waals surface area contributed by atoms with E-state index in [1.165, 1.54) is 0 Å². The van der Waals surface area contributed by atoms with Crippen LogP contribution in [-0.2, 0) is 16.1 Å². The zero-order chi connectivity index (χ0) is 14.3. The van der Waals surface area contributed by atoms with Gasteiger partial charge in [-0.25, -0.2) is 0 Å². The van der Waals surface area contributed by atoms with Crippen LogP contribution in [0.1, 0.15) is 12.0 Å². The first-order valence-electron chi connectivity index (χ1n) is 6.32. The summed E-state index contributed by atoms with van der Waals surface area (Å²) in [6, 6.07) is 7.78. The fourth-order valence-electron chi connectivity index (χ4n) is 1.79. The molecule has 1 aromatic rings. The van der Waals surface area contributed by atoms with Crippen LogP contribution in [0.4, 0.5) is 5.69 Å². The highest BCUT2D eigenvalue weighted by atomic mass is 16.5. The summed E-state index contributed by atoms with van der Waals surface area (Å²) in [7, 11) is 5.55. The van der Waals surface area contributed by atoms with Gasteiger partial charge in [-0.15, -0.1) is 0 Å². The Hall–Kier alpha value is -1.43. The summed E-state index contributed by atoms with van der Waals surface area (Å²) in [5.74, 6) is -0.0801. The van der Waals surface area contributed by atoms with E-state index in [-0.39, 0.29) is 18.4 Å². The van der Waals surface area contributed by atoms with Crippen molar-refractivity contribution in [2.24, 2.45) is 5.73 Å². The monoisotopic (exact) mass is 265 g/mol. The van der Waals surface area contributed by atoms with Crippen LogP contribution in [0.2, 0.25) is 0 Å². The van der Waals surface area contributed by atoms with Gasteiger partial charge in [-0.05, 0) is 25.7 Å². The van der Waals surface area contributed by atoms with E-state index in [1.807, 2.05) is 38.4 Å². The highest BCUT2D eigenvalue weighted by Gasteiger charge is 2.13. The number of benzene rings is 1. The maximum atomic E-state index is 11.9. The maximum Gasteiger partial charge on any atom is 0.227 e. The van der Waals surface area contributed by atoms with Gasteiger partial charge in [-0.1, -0.05) is 18.2 Å². The molecule has 0 radical (unpaired) electrons. The third kappa shape index (κ3) is 5.38. The van der Waals surface area contributed by atoms with Crippen LogP contribution in [-0.4, -0.2) is 44.7 Å². The van der Waals surface area contributed by atoms with E-state index in [9.17, 15) is 4.79 Å². The van der Waals surface area contributed by atoms with Crippen LogP contribution in [0.5, 0.6) is 0 Å². The maximum absolute atomic E-state index is 11.9. The predicted molar refractivity (Wildman–Crippen MR) is 76.9 cm³/mol. The summed E-state index contributed by atoms with van der Waals surface area (Å²) < 4.78 is 5.11. The lowest BCUT2D eigenvalue weighted by atomic mass is 10.1. The van der Waals surface area contributed by atoms with Gasteiger partial charge in [-0.2, -0.15) is 0 Å². The molecule has 0 aliphatic rings. The number of methoxy groups -OCH3 is 1. The fraction of sp³-hybridized carbons (Fsp3) is 0.500. The van der Waals surface area contributed by atoms with Crippen LogP contribution in [0.25, 0.3) is 0 Å². The minimum atomic E-state index is -0.235. The highest BCUT2D eigenvalue weighted by molar-refractivity contribution is 5.91. The Morgan fingerprint density at radius 1 is 1.42 bits per heavy atom. The molecule has 5 heteroatoms. The second-order valence-corrected chi connectivity index (χ2v) is 4.74. The summed E-state index contributed by atoms with van der Waals surface area (Å²) in [6.45, 7) is 1.12. The van der Waals surface area contributed by atoms with E-state index in [1.54, 1.807) is 7.11 Å². The minimum absolute atomic E-state index is 0.0801. The van der Waals surface area contributed by atoms with Crippen molar-refractivity contribution >= 4 is 11.6 Å². The van der Waals surface area contributed by atoms with Crippen LogP contribution in [0.15, 0.2) is 24.3 Å². The number of nitrogens with two attached hydrogens (primary N) is 1. The Morgan fingerprint density at radius 2 is 2.11 bits per heavy atom. The van der Waals surface area contributed by atoms with Gasteiger partial charge in [0, 0.05) is 25.9 Å². The number of hydrogen-bond donors (Lipinski definition) is 2. The number of carbonyl (C=O) groups is 1. The molecule has 0 spiro atoms. The van der Waals surface area contributed by atoms with Crippen molar-refractivity contribution in [3.8, 4) is 0 Å². The number of carbonyl (C=O) groups excluding carboxylic acids is 1. The first kappa shape index (κ1) is 15.6. The number of anilines is 1. The molecule has 0 aliphatic carbocycles. The van der Waals surface area contributed by atoms with Gasteiger partial charge in [0.05, 0.1) is 12.5 Å². The molecule has 0 fully saturated rings. The van der Waals surface area contributed by atoms with Crippen molar-refractivity contribution < 1.29 is 9.53 Å². The lowest BCUT2D eigenvalue weighted by Gasteiger charge is -2.16. The summed E-state index contributed by atoms with van der Waals surface area (Å²) in [5, 5.41) is 2.91. The topological polar surface area (TPSA) is 67.6 Å². The third-order valence-electron chi connectivity index (χ3n) is 2.79. The molecule has 1 unspecified atom stereocenters. The molecule has 1 atom stereocenters. The quantitative estimate of drug-likeness (QED) is 0.773. The number of rotatable bonds is 7. The SMILES string of the molecule is COC(CN)CC(=O)Nc1ccccc1CN(C)C. The Bertz CT molecular complexity index is 403. The highest BCUT2D eigenvalue weighted by Crippen LogP contribution is 2.16. The summed E-state index contributed by atoms with van der Waals surface area (Å²) >= 11 is 0. The van der Waals surface area contributed by atoms with Crippen molar-refractivity contribution in [1.82, 2.24) is 4.90 Å². The van der Waals surface area contributed by atoms with Gasteiger partial charge in [0.2, 0.25) is 5.91 Å². The Labute approximate surface area is 114 Å². The minimum Gasteiger partial charge on any atom is -0.380 e. The average Bonchev–Trinajstić information content (AvgIpc) is 2.37. The molecule has 1 rings (SSSR count). The van der Waals surface area contributed by atoms with E-state index in [2.05, 4.69) is 10.2 Å². The normalized spacial score (nSPS) is 12.5. The van der Waals surface area contributed by atoms with Crippen LogP contribution in [0, 0.1) is 0 Å². The van der Waals surface area contributed by atoms with E-state index >= 15 is 0 Å². The summed E-state index contributed by atoms with van der Waals surface area (Å²) in [6.07, 6.45) is 0.0320. The Kier molecular flexibility index (Phi) is 6.49. The number of nitrogens with one attached hydrogen (secondary N) is 1. The third-order valence-corrected chi connectivity index (χ3v) is 2.79. The number of amides is 1.